The van der Waals surface area contributed by atoms with Gasteiger partial charge < -0.3 is 4.57 Å². The largest absolute Gasteiger partial charge is 0.335 e. The molecule has 0 aliphatic carbocycles. The van der Waals surface area contributed by atoms with Crippen molar-refractivity contribution in [3.8, 4) is 0 Å². The van der Waals surface area contributed by atoms with Crippen molar-refractivity contribution in [1.29, 1.82) is 0 Å². The van der Waals surface area contributed by atoms with E-state index in [4.69, 9.17) is 0 Å². The quantitative estimate of drug-likeness (QED) is 0.604. The molecule has 0 bridgehead atoms. The Labute approximate surface area is 87.4 Å². The van der Waals surface area contributed by atoms with Gasteiger partial charge in [-0.2, -0.15) is 0 Å². The monoisotopic (exact) mass is 194 g/mol. The first-order valence-corrected chi connectivity index (χ1v) is 5.82. The molecule has 2 nitrogen and oxygen atoms in total. The fourth-order valence-corrected chi connectivity index (χ4v) is 1.72. The maximum Gasteiger partial charge on any atom is 0.0948 e. The molecule has 1 aromatic rings. The second-order valence-electron chi connectivity index (χ2n) is 4.06. The minimum atomic E-state index is 0.610. The van der Waals surface area contributed by atoms with Gasteiger partial charge >= 0.3 is 0 Å². The van der Waals surface area contributed by atoms with Crippen molar-refractivity contribution in [2.45, 2.75) is 58.4 Å². The highest BCUT2D eigenvalue weighted by molar-refractivity contribution is 4.78. The van der Waals surface area contributed by atoms with E-state index in [0.717, 1.165) is 0 Å². The summed E-state index contributed by atoms with van der Waals surface area (Å²) in [5.74, 6) is 0. The summed E-state index contributed by atoms with van der Waals surface area (Å²) in [6.07, 6.45) is 13.9. The van der Waals surface area contributed by atoms with Gasteiger partial charge in [-0.25, -0.2) is 4.98 Å². The zero-order valence-corrected chi connectivity index (χ0v) is 9.45. The van der Waals surface area contributed by atoms with Crippen LogP contribution < -0.4 is 0 Å². The number of imidazole rings is 1. The Bertz CT molecular complexity index is 216. The van der Waals surface area contributed by atoms with E-state index < -0.39 is 0 Å². The molecule has 0 saturated carbocycles. The standard InChI is InChI=1S/C12H22N2/c1-3-4-5-6-7-8-12(2)14-10-9-13-11-14/h9-12H,3-8H2,1-2H3. The Morgan fingerprint density at radius 1 is 1.21 bits per heavy atom. The molecule has 0 N–H and O–H groups in total. The van der Waals surface area contributed by atoms with Crippen LogP contribution in [0, 0.1) is 0 Å². The van der Waals surface area contributed by atoms with E-state index in [2.05, 4.69) is 29.6 Å². The van der Waals surface area contributed by atoms with Gasteiger partial charge in [-0.1, -0.05) is 39.0 Å². The van der Waals surface area contributed by atoms with E-state index in [-0.39, 0.29) is 0 Å². The third kappa shape index (κ3) is 3.95. The first-order chi connectivity index (χ1) is 6.84. The number of nitrogens with zero attached hydrogens (tertiary/aromatic N) is 2. The molecule has 0 fully saturated rings. The zero-order valence-electron chi connectivity index (χ0n) is 9.45. The lowest BCUT2D eigenvalue weighted by molar-refractivity contribution is 0.469. The van der Waals surface area contributed by atoms with Crippen LogP contribution in [0.1, 0.15) is 58.4 Å². The van der Waals surface area contributed by atoms with Crippen LogP contribution in [0.3, 0.4) is 0 Å². The molecule has 14 heavy (non-hydrogen) atoms. The lowest BCUT2D eigenvalue weighted by Gasteiger charge is -2.12. The summed E-state index contributed by atoms with van der Waals surface area (Å²) >= 11 is 0. The molecular formula is C12H22N2. The fraction of sp³-hybridized carbons (Fsp3) is 0.750. The molecule has 1 heterocycles. The second kappa shape index (κ2) is 6.63. The van der Waals surface area contributed by atoms with Gasteiger partial charge in [0.05, 0.1) is 6.33 Å². The molecule has 1 rings (SSSR count). The topological polar surface area (TPSA) is 17.8 Å². The van der Waals surface area contributed by atoms with Crippen molar-refractivity contribution < 1.29 is 0 Å². The Kier molecular flexibility index (Phi) is 5.35. The van der Waals surface area contributed by atoms with Gasteiger partial charge in [0.1, 0.15) is 0 Å². The van der Waals surface area contributed by atoms with Crippen LogP contribution in [0.5, 0.6) is 0 Å². The van der Waals surface area contributed by atoms with Crippen molar-refractivity contribution in [2.24, 2.45) is 0 Å². The van der Waals surface area contributed by atoms with Crippen LogP contribution in [-0.4, -0.2) is 9.55 Å². The van der Waals surface area contributed by atoms with Crippen molar-refractivity contribution in [3.05, 3.63) is 18.7 Å². The van der Waals surface area contributed by atoms with E-state index in [1.807, 2.05) is 12.5 Å². The van der Waals surface area contributed by atoms with Crippen LogP contribution in [0.15, 0.2) is 18.7 Å². The Balaban J connectivity index is 2.07. The molecule has 1 unspecified atom stereocenters. The fourth-order valence-electron chi connectivity index (χ4n) is 1.72. The number of aromatic nitrogens is 2. The number of hydrogen-bond acceptors (Lipinski definition) is 1. The van der Waals surface area contributed by atoms with Gasteiger partial charge in [-0.3, -0.25) is 0 Å². The van der Waals surface area contributed by atoms with Crippen LogP contribution in [0.2, 0.25) is 0 Å². The van der Waals surface area contributed by atoms with Crippen LogP contribution in [-0.2, 0) is 0 Å². The maximum atomic E-state index is 4.06. The predicted molar refractivity (Wildman–Crippen MR) is 60.3 cm³/mol. The first kappa shape index (κ1) is 11.3. The molecule has 0 radical (unpaired) electrons. The molecule has 0 amide bonds. The summed E-state index contributed by atoms with van der Waals surface area (Å²) in [6.45, 7) is 4.52. The highest BCUT2D eigenvalue weighted by atomic mass is 15.0. The van der Waals surface area contributed by atoms with E-state index in [1.54, 1.807) is 0 Å². The van der Waals surface area contributed by atoms with Crippen molar-refractivity contribution >= 4 is 0 Å². The average Bonchev–Trinajstić information content (AvgIpc) is 2.70. The van der Waals surface area contributed by atoms with Gasteiger partial charge in [0.2, 0.25) is 0 Å². The van der Waals surface area contributed by atoms with Gasteiger partial charge in [-0.05, 0) is 13.3 Å². The summed E-state index contributed by atoms with van der Waals surface area (Å²) in [4.78, 5) is 4.06. The Morgan fingerprint density at radius 3 is 2.64 bits per heavy atom. The molecule has 0 aliphatic rings. The molecule has 0 spiro atoms. The van der Waals surface area contributed by atoms with Gasteiger partial charge in [-0.15, -0.1) is 0 Å². The first-order valence-electron chi connectivity index (χ1n) is 5.82. The molecule has 80 valence electrons. The van der Waals surface area contributed by atoms with E-state index >= 15 is 0 Å². The Morgan fingerprint density at radius 2 is 2.00 bits per heavy atom. The van der Waals surface area contributed by atoms with Crippen LogP contribution in [0.4, 0.5) is 0 Å². The molecule has 1 aromatic heterocycles. The van der Waals surface area contributed by atoms with E-state index in [0.29, 0.717) is 6.04 Å². The number of hydrogen-bond donors (Lipinski definition) is 0. The molecule has 0 saturated heterocycles. The smallest absolute Gasteiger partial charge is 0.0948 e. The maximum absolute atomic E-state index is 4.06. The Hall–Kier alpha value is -0.790. The second-order valence-corrected chi connectivity index (χ2v) is 4.06. The lowest BCUT2D eigenvalue weighted by atomic mass is 10.1. The molecule has 0 aliphatic heterocycles. The van der Waals surface area contributed by atoms with Gasteiger partial charge in [0.15, 0.2) is 0 Å². The average molecular weight is 194 g/mol. The summed E-state index contributed by atoms with van der Waals surface area (Å²) in [6, 6.07) is 0.610. The van der Waals surface area contributed by atoms with Crippen LogP contribution in [0.25, 0.3) is 0 Å². The highest BCUT2D eigenvalue weighted by Gasteiger charge is 2.02. The van der Waals surface area contributed by atoms with Crippen molar-refractivity contribution in [3.63, 3.8) is 0 Å². The summed E-state index contributed by atoms with van der Waals surface area (Å²) < 4.78 is 2.19. The van der Waals surface area contributed by atoms with Gasteiger partial charge in [0.25, 0.3) is 0 Å². The lowest BCUT2D eigenvalue weighted by Crippen LogP contribution is -2.01. The third-order valence-electron chi connectivity index (χ3n) is 2.76. The molecular weight excluding hydrogens is 172 g/mol. The minimum Gasteiger partial charge on any atom is -0.335 e. The van der Waals surface area contributed by atoms with Crippen molar-refractivity contribution in [2.75, 3.05) is 0 Å². The summed E-state index contributed by atoms with van der Waals surface area (Å²) in [7, 11) is 0. The van der Waals surface area contributed by atoms with E-state index in [1.165, 1.54) is 38.5 Å². The highest BCUT2D eigenvalue weighted by Crippen LogP contribution is 2.15. The molecule has 1 atom stereocenters. The van der Waals surface area contributed by atoms with Gasteiger partial charge in [0, 0.05) is 18.4 Å². The SMILES string of the molecule is CCCCCCCC(C)n1ccnc1. The zero-order chi connectivity index (χ0) is 10.2. The number of rotatable bonds is 7. The normalized spacial score (nSPS) is 13.0. The van der Waals surface area contributed by atoms with Crippen molar-refractivity contribution in [1.82, 2.24) is 9.55 Å². The van der Waals surface area contributed by atoms with Crippen LogP contribution >= 0.6 is 0 Å². The summed E-state index contributed by atoms with van der Waals surface area (Å²) in [5, 5.41) is 0. The summed E-state index contributed by atoms with van der Waals surface area (Å²) in [5.41, 5.74) is 0. The third-order valence-corrected chi connectivity index (χ3v) is 2.76. The van der Waals surface area contributed by atoms with E-state index in [9.17, 15) is 0 Å². The number of unbranched alkanes of at least 4 members (excludes halogenated alkanes) is 4. The molecule has 2 heteroatoms. The predicted octanol–water partition coefficient (Wildman–Crippen LogP) is 3.80. The molecule has 0 aromatic carbocycles. The minimum absolute atomic E-state index is 0.610.